The van der Waals surface area contributed by atoms with Crippen LogP contribution >= 0.6 is 0 Å². The third-order valence-electron chi connectivity index (χ3n) is 3.34. The minimum Gasteiger partial charge on any atom is -0.508 e. The highest BCUT2D eigenvalue weighted by atomic mass is 19.1. The van der Waals surface area contributed by atoms with Crippen LogP contribution in [0.15, 0.2) is 36.4 Å². The molecule has 0 aliphatic heterocycles. The fourth-order valence-corrected chi connectivity index (χ4v) is 2.15. The van der Waals surface area contributed by atoms with Gasteiger partial charge in [-0.2, -0.15) is 0 Å². The Bertz CT molecular complexity index is 593. The van der Waals surface area contributed by atoms with Gasteiger partial charge in [0, 0.05) is 0 Å². The lowest BCUT2D eigenvalue weighted by Crippen LogP contribution is -1.99. The predicted octanol–water partition coefficient (Wildman–Crippen LogP) is 3.89. The van der Waals surface area contributed by atoms with Crippen LogP contribution in [0.1, 0.15) is 29.5 Å². The Balaban J connectivity index is 2.17. The second-order valence-corrected chi connectivity index (χ2v) is 4.94. The van der Waals surface area contributed by atoms with E-state index in [1.54, 1.807) is 12.1 Å². The SMILES string of the molecule is Cc1cc(CC(C)c2ccc(O)c(F)c2)ccc1O. The van der Waals surface area contributed by atoms with Crippen LogP contribution in [0.4, 0.5) is 4.39 Å². The summed E-state index contributed by atoms with van der Waals surface area (Å²) in [4.78, 5) is 0. The summed E-state index contributed by atoms with van der Waals surface area (Å²) >= 11 is 0. The van der Waals surface area contributed by atoms with Crippen LogP contribution in [0.2, 0.25) is 0 Å². The highest BCUT2D eigenvalue weighted by Gasteiger charge is 2.10. The summed E-state index contributed by atoms with van der Waals surface area (Å²) in [6, 6.07) is 9.96. The van der Waals surface area contributed by atoms with Gasteiger partial charge in [0.25, 0.3) is 0 Å². The number of aromatic hydroxyl groups is 2. The number of halogens is 1. The minimum absolute atomic E-state index is 0.138. The smallest absolute Gasteiger partial charge is 0.165 e. The Morgan fingerprint density at radius 3 is 2.37 bits per heavy atom. The van der Waals surface area contributed by atoms with Gasteiger partial charge in [0.05, 0.1) is 0 Å². The molecule has 0 saturated carbocycles. The van der Waals surface area contributed by atoms with E-state index in [4.69, 9.17) is 0 Å². The van der Waals surface area contributed by atoms with Gasteiger partial charge in [0.1, 0.15) is 5.75 Å². The molecule has 0 spiro atoms. The summed E-state index contributed by atoms with van der Waals surface area (Å²) in [6.45, 7) is 3.86. The van der Waals surface area contributed by atoms with E-state index in [-0.39, 0.29) is 17.4 Å². The van der Waals surface area contributed by atoms with E-state index in [0.717, 1.165) is 23.1 Å². The number of hydrogen-bond donors (Lipinski definition) is 2. The Labute approximate surface area is 112 Å². The lowest BCUT2D eigenvalue weighted by atomic mass is 9.93. The highest BCUT2D eigenvalue weighted by molar-refractivity contribution is 5.36. The van der Waals surface area contributed by atoms with Crippen molar-refractivity contribution in [2.24, 2.45) is 0 Å². The molecule has 2 aromatic carbocycles. The zero-order chi connectivity index (χ0) is 14.0. The lowest BCUT2D eigenvalue weighted by Gasteiger charge is -2.13. The maximum absolute atomic E-state index is 13.3. The molecule has 0 fully saturated rings. The first-order chi connectivity index (χ1) is 8.97. The van der Waals surface area contributed by atoms with Crippen molar-refractivity contribution >= 4 is 0 Å². The summed E-state index contributed by atoms with van der Waals surface area (Å²) in [6.07, 6.45) is 0.755. The van der Waals surface area contributed by atoms with Crippen LogP contribution in [-0.2, 0) is 6.42 Å². The molecule has 19 heavy (non-hydrogen) atoms. The van der Waals surface area contributed by atoms with Gasteiger partial charge in [-0.25, -0.2) is 4.39 Å². The van der Waals surface area contributed by atoms with Crippen molar-refractivity contribution in [2.45, 2.75) is 26.2 Å². The summed E-state index contributed by atoms with van der Waals surface area (Å²) < 4.78 is 13.3. The molecule has 0 aliphatic carbocycles. The van der Waals surface area contributed by atoms with E-state index in [1.807, 2.05) is 26.0 Å². The molecule has 0 amide bonds. The molecular formula is C16H17FO2. The molecule has 0 heterocycles. The minimum atomic E-state index is -0.591. The number of aryl methyl sites for hydroxylation is 1. The van der Waals surface area contributed by atoms with Gasteiger partial charge < -0.3 is 10.2 Å². The van der Waals surface area contributed by atoms with Crippen LogP contribution < -0.4 is 0 Å². The topological polar surface area (TPSA) is 40.5 Å². The molecule has 1 atom stereocenters. The summed E-state index contributed by atoms with van der Waals surface area (Å²) in [5, 5.41) is 18.7. The molecule has 2 aromatic rings. The number of rotatable bonds is 3. The Morgan fingerprint density at radius 2 is 1.74 bits per heavy atom. The number of phenolic OH excluding ortho intramolecular Hbond substituents is 2. The molecule has 0 saturated heterocycles. The first-order valence-electron chi connectivity index (χ1n) is 6.24. The molecule has 2 rings (SSSR count). The number of phenols is 2. The lowest BCUT2D eigenvalue weighted by molar-refractivity contribution is 0.431. The van der Waals surface area contributed by atoms with Gasteiger partial charge in [-0.3, -0.25) is 0 Å². The van der Waals surface area contributed by atoms with E-state index < -0.39 is 5.82 Å². The summed E-state index contributed by atoms with van der Waals surface area (Å²) in [7, 11) is 0. The fourth-order valence-electron chi connectivity index (χ4n) is 2.15. The van der Waals surface area contributed by atoms with Gasteiger partial charge in [-0.1, -0.05) is 25.1 Å². The first-order valence-corrected chi connectivity index (χ1v) is 6.24. The van der Waals surface area contributed by atoms with Gasteiger partial charge in [-0.05, 0) is 54.2 Å². The van der Waals surface area contributed by atoms with Crippen molar-refractivity contribution in [3.05, 3.63) is 58.9 Å². The van der Waals surface area contributed by atoms with Crippen molar-refractivity contribution < 1.29 is 14.6 Å². The van der Waals surface area contributed by atoms with Crippen LogP contribution in [0.5, 0.6) is 11.5 Å². The summed E-state index contributed by atoms with van der Waals surface area (Å²) in [5.74, 6) is -0.492. The first kappa shape index (κ1) is 13.4. The Hall–Kier alpha value is -2.03. The third kappa shape index (κ3) is 3.05. The highest BCUT2D eigenvalue weighted by Crippen LogP contribution is 2.26. The third-order valence-corrected chi connectivity index (χ3v) is 3.34. The Kier molecular flexibility index (Phi) is 3.74. The largest absolute Gasteiger partial charge is 0.508 e. The van der Waals surface area contributed by atoms with Crippen molar-refractivity contribution in [2.75, 3.05) is 0 Å². The molecule has 2 N–H and O–H groups in total. The quantitative estimate of drug-likeness (QED) is 0.879. The van der Waals surface area contributed by atoms with E-state index in [2.05, 4.69) is 0 Å². The second-order valence-electron chi connectivity index (χ2n) is 4.94. The zero-order valence-corrected chi connectivity index (χ0v) is 11.0. The molecule has 100 valence electrons. The fraction of sp³-hybridized carbons (Fsp3) is 0.250. The van der Waals surface area contributed by atoms with E-state index in [0.29, 0.717) is 0 Å². The Morgan fingerprint density at radius 1 is 1.05 bits per heavy atom. The number of hydrogen-bond acceptors (Lipinski definition) is 2. The molecule has 0 aliphatic rings. The average molecular weight is 260 g/mol. The van der Waals surface area contributed by atoms with Gasteiger partial charge in [0.15, 0.2) is 11.6 Å². The standard InChI is InChI=1S/C16H17FO2/c1-10(13-4-6-16(19)14(17)9-13)7-12-3-5-15(18)11(2)8-12/h3-6,8-10,18-19H,7H2,1-2H3. The van der Waals surface area contributed by atoms with Crippen molar-refractivity contribution in [3.8, 4) is 11.5 Å². The van der Waals surface area contributed by atoms with E-state index >= 15 is 0 Å². The molecule has 1 unspecified atom stereocenters. The summed E-state index contributed by atoms with van der Waals surface area (Å²) in [5.41, 5.74) is 2.78. The maximum atomic E-state index is 13.3. The van der Waals surface area contributed by atoms with Crippen LogP contribution in [0.25, 0.3) is 0 Å². The normalized spacial score (nSPS) is 12.4. The molecule has 0 aromatic heterocycles. The zero-order valence-electron chi connectivity index (χ0n) is 11.0. The van der Waals surface area contributed by atoms with E-state index in [1.165, 1.54) is 12.1 Å². The predicted molar refractivity (Wildman–Crippen MR) is 73.0 cm³/mol. The second kappa shape index (κ2) is 5.31. The van der Waals surface area contributed by atoms with Gasteiger partial charge in [0.2, 0.25) is 0 Å². The van der Waals surface area contributed by atoms with Crippen molar-refractivity contribution in [1.29, 1.82) is 0 Å². The van der Waals surface area contributed by atoms with Crippen LogP contribution in [0.3, 0.4) is 0 Å². The maximum Gasteiger partial charge on any atom is 0.165 e. The van der Waals surface area contributed by atoms with Gasteiger partial charge >= 0.3 is 0 Å². The number of benzene rings is 2. The van der Waals surface area contributed by atoms with Gasteiger partial charge in [-0.15, -0.1) is 0 Å². The molecule has 0 bridgehead atoms. The van der Waals surface area contributed by atoms with Crippen molar-refractivity contribution in [3.63, 3.8) is 0 Å². The van der Waals surface area contributed by atoms with Crippen molar-refractivity contribution in [1.82, 2.24) is 0 Å². The van der Waals surface area contributed by atoms with Crippen LogP contribution in [0, 0.1) is 12.7 Å². The average Bonchev–Trinajstić information content (AvgIpc) is 2.37. The molecule has 2 nitrogen and oxygen atoms in total. The monoisotopic (exact) mass is 260 g/mol. The molecular weight excluding hydrogens is 243 g/mol. The van der Waals surface area contributed by atoms with Crippen LogP contribution in [-0.4, -0.2) is 10.2 Å². The van der Waals surface area contributed by atoms with E-state index in [9.17, 15) is 14.6 Å². The molecule has 3 heteroatoms. The molecule has 0 radical (unpaired) electrons.